The first kappa shape index (κ1) is 13.8. The van der Waals surface area contributed by atoms with E-state index in [1.165, 1.54) is 18.2 Å². The number of anilines is 1. The second-order valence-corrected chi connectivity index (χ2v) is 4.95. The van der Waals surface area contributed by atoms with E-state index in [9.17, 15) is 17.6 Å². The third kappa shape index (κ3) is 3.12. The van der Waals surface area contributed by atoms with Gasteiger partial charge in [-0.2, -0.15) is 13.2 Å². The van der Waals surface area contributed by atoms with E-state index in [2.05, 4.69) is 15.5 Å². The number of aromatic nitrogens is 2. The lowest BCUT2D eigenvalue weighted by molar-refractivity contribution is -0.141. The van der Waals surface area contributed by atoms with E-state index in [0.29, 0.717) is 5.82 Å². The number of benzene rings is 1. The van der Waals surface area contributed by atoms with Crippen molar-refractivity contribution in [3.8, 4) is 0 Å². The van der Waals surface area contributed by atoms with Crippen molar-refractivity contribution in [3.05, 3.63) is 53.5 Å². The average Bonchev–Trinajstić information content (AvgIpc) is 3.18. The maximum atomic E-state index is 12.8. The van der Waals surface area contributed by atoms with Gasteiger partial charge < -0.3 is 5.32 Å². The molecule has 1 aromatic carbocycles. The lowest BCUT2D eigenvalue weighted by Crippen LogP contribution is -2.11. The fourth-order valence-electron chi connectivity index (χ4n) is 2.18. The molecule has 0 saturated heterocycles. The number of hydrogen-bond acceptors (Lipinski definition) is 3. The zero-order chi connectivity index (χ0) is 15.0. The third-order valence-corrected chi connectivity index (χ3v) is 3.38. The van der Waals surface area contributed by atoms with Crippen molar-refractivity contribution in [2.24, 2.45) is 0 Å². The Morgan fingerprint density at radius 1 is 1.00 bits per heavy atom. The van der Waals surface area contributed by atoms with Crippen molar-refractivity contribution in [1.29, 1.82) is 0 Å². The summed E-state index contributed by atoms with van der Waals surface area (Å²) >= 11 is 0. The smallest absolute Gasteiger partial charge is 0.365 e. The van der Waals surface area contributed by atoms with Crippen LogP contribution in [0.3, 0.4) is 0 Å². The summed E-state index contributed by atoms with van der Waals surface area (Å²) in [6.45, 7) is 0. The number of nitrogens with zero attached hydrogens (tertiary/aromatic N) is 2. The Balaban J connectivity index is 1.62. The summed E-state index contributed by atoms with van der Waals surface area (Å²) in [4.78, 5) is 0. The topological polar surface area (TPSA) is 37.8 Å². The van der Waals surface area contributed by atoms with Crippen molar-refractivity contribution >= 4 is 5.82 Å². The molecule has 3 nitrogen and oxygen atoms in total. The Labute approximate surface area is 118 Å². The number of hydrogen-bond donors (Lipinski definition) is 1. The molecule has 1 aromatic heterocycles. The number of nitrogens with one attached hydrogen (secondary N) is 1. The highest BCUT2D eigenvalue weighted by Gasteiger charge is 2.39. The fraction of sp³-hybridized carbons (Fsp3) is 0.286. The number of rotatable bonds is 3. The molecule has 1 N–H and O–H groups in total. The molecular weight excluding hydrogens is 286 g/mol. The fourth-order valence-corrected chi connectivity index (χ4v) is 2.18. The van der Waals surface area contributed by atoms with Crippen LogP contribution in [0.15, 0.2) is 36.4 Å². The predicted molar refractivity (Wildman–Crippen MR) is 68.2 cm³/mol. The van der Waals surface area contributed by atoms with E-state index >= 15 is 0 Å². The van der Waals surface area contributed by atoms with Crippen LogP contribution in [0, 0.1) is 5.82 Å². The minimum absolute atomic E-state index is 0.0847. The molecule has 7 heteroatoms. The summed E-state index contributed by atoms with van der Waals surface area (Å²) in [6, 6.07) is 8.44. The van der Waals surface area contributed by atoms with Crippen LogP contribution in [0.1, 0.15) is 23.6 Å². The average molecular weight is 297 g/mol. The Kier molecular flexibility index (Phi) is 3.27. The minimum atomic E-state index is -4.48. The van der Waals surface area contributed by atoms with Crippen LogP contribution >= 0.6 is 0 Å². The molecule has 2 aromatic rings. The monoisotopic (exact) mass is 297 g/mol. The number of halogens is 4. The zero-order valence-corrected chi connectivity index (χ0v) is 10.7. The van der Waals surface area contributed by atoms with Gasteiger partial charge in [-0.25, -0.2) is 4.39 Å². The highest BCUT2D eigenvalue weighted by molar-refractivity contribution is 5.41. The summed E-state index contributed by atoms with van der Waals surface area (Å²) in [5.74, 6) is 0.227. The van der Waals surface area contributed by atoms with Crippen molar-refractivity contribution in [2.45, 2.75) is 24.6 Å². The van der Waals surface area contributed by atoms with Gasteiger partial charge in [-0.3, -0.25) is 0 Å². The van der Waals surface area contributed by atoms with Gasteiger partial charge in [0.2, 0.25) is 0 Å². The molecule has 1 aliphatic carbocycles. The van der Waals surface area contributed by atoms with Gasteiger partial charge in [0.1, 0.15) is 11.6 Å². The van der Waals surface area contributed by atoms with Gasteiger partial charge in [0.15, 0.2) is 5.69 Å². The molecule has 0 bridgehead atoms. The van der Waals surface area contributed by atoms with Gasteiger partial charge in [-0.15, -0.1) is 10.2 Å². The van der Waals surface area contributed by atoms with Gasteiger partial charge in [-0.1, -0.05) is 12.1 Å². The van der Waals surface area contributed by atoms with Crippen LogP contribution in [0.2, 0.25) is 0 Å². The third-order valence-electron chi connectivity index (χ3n) is 3.38. The van der Waals surface area contributed by atoms with Gasteiger partial charge in [0.25, 0.3) is 0 Å². The van der Waals surface area contributed by atoms with E-state index in [-0.39, 0.29) is 17.8 Å². The van der Waals surface area contributed by atoms with Crippen molar-refractivity contribution in [2.75, 3.05) is 5.32 Å². The summed E-state index contributed by atoms with van der Waals surface area (Å²) in [6.07, 6.45) is -3.66. The van der Waals surface area contributed by atoms with Crippen molar-refractivity contribution < 1.29 is 17.6 Å². The van der Waals surface area contributed by atoms with Crippen molar-refractivity contribution in [1.82, 2.24) is 10.2 Å². The zero-order valence-electron chi connectivity index (χ0n) is 10.7. The first-order valence-electron chi connectivity index (χ1n) is 6.36. The van der Waals surface area contributed by atoms with Crippen LogP contribution in [0.25, 0.3) is 0 Å². The van der Waals surface area contributed by atoms with Crippen molar-refractivity contribution in [3.63, 3.8) is 0 Å². The lowest BCUT2D eigenvalue weighted by Gasteiger charge is -2.07. The Bertz CT molecular complexity index is 622. The van der Waals surface area contributed by atoms with Crippen LogP contribution in [0.5, 0.6) is 0 Å². The second kappa shape index (κ2) is 4.98. The molecule has 0 aliphatic heterocycles. The Hall–Kier alpha value is -2.18. The van der Waals surface area contributed by atoms with E-state index in [0.717, 1.165) is 18.1 Å². The minimum Gasteiger partial charge on any atom is -0.365 e. The molecule has 0 amide bonds. The Morgan fingerprint density at radius 3 is 2.29 bits per heavy atom. The van der Waals surface area contributed by atoms with Gasteiger partial charge in [0, 0.05) is 12.0 Å². The Morgan fingerprint density at radius 2 is 1.71 bits per heavy atom. The molecule has 1 fully saturated rings. The molecule has 2 atom stereocenters. The van der Waals surface area contributed by atoms with Crippen LogP contribution < -0.4 is 5.32 Å². The quantitative estimate of drug-likeness (QED) is 0.880. The van der Waals surface area contributed by atoms with Crippen LogP contribution in [0.4, 0.5) is 23.4 Å². The van der Waals surface area contributed by atoms with E-state index < -0.39 is 11.9 Å². The predicted octanol–water partition coefficient (Wildman–Crippen LogP) is 3.60. The molecule has 0 radical (unpaired) electrons. The maximum absolute atomic E-state index is 12.8. The molecule has 1 heterocycles. The summed E-state index contributed by atoms with van der Waals surface area (Å²) in [7, 11) is 0. The first-order valence-corrected chi connectivity index (χ1v) is 6.36. The highest BCUT2D eigenvalue weighted by atomic mass is 19.4. The molecule has 21 heavy (non-hydrogen) atoms. The molecule has 3 rings (SSSR count). The van der Waals surface area contributed by atoms with E-state index in [1.54, 1.807) is 12.1 Å². The molecule has 1 aliphatic rings. The van der Waals surface area contributed by atoms with Crippen LogP contribution in [-0.2, 0) is 6.18 Å². The van der Waals surface area contributed by atoms with Crippen LogP contribution in [-0.4, -0.2) is 16.2 Å². The summed E-state index contributed by atoms with van der Waals surface area (Å²) < 4.78 is 49.9. The van der Waals surface area contributed by atoms with Gasteiger partial charge in [0.05, 0.1) is 0 Å². The van der Waals surface area contributed by atoms with E-state index in [1.807, 2.05) is 0 Å². The lowest BCUT2D eigenvalue weighted by atomic mass is 10.1. The number of alkyl halides is 3. The summed E-state index contributed by atoms with van der Waals surface area (Å²) in [5.41, 5.74) is -0.0206. The normalized spacial score (nSPS) is 21.1. The molecule has 0 unspecified atom stereocenters. The summed E-state index contributed by atoms with van der Waals surface area (Å²) in [5, 5.41) is 9.70. The largest absolute Gasteiger partial charge is 0.435 e. The van der Waals surface area contributed by atoms with Gasteiger partial charge in [-0.05, 0) is 36.2 Å². The highest BCUT2D eigenvalue weighted by Crippen LogP contribution is 2.42. The second-order valence-electron chi connectivity index (χ2n) is 4.95. The molecule has 1 saturated carbocycles. The standard InChI is InChI=1S/C14H11F4N3/c15-9-3-1-8(2-4-9)10-7-11(10)19-13-6-5-12(20-21-13)14(16,17)18/h1-6,10-11H,7H2,(H,19,21)/t10-,11+/m0/s1. The first-order chi connectivity index (χ1) is 9.93. The molecule has 0 spiro atoms. The SMILES string of the molecule is Fc1ccc([C@@H]2C[C@H]2Nc2ccc(C(F)(F)F)nn2)cc1. The molecule has 110 valence electrons. The molecular formula is C14H11F4N3. The van der Waals surface area contributed by atoms with Gasteiger partial charge >= 0.3 is 6.18 Å². The maximum Gasteiger partial charge on any atom is 0.435 e. The van der Waals surface area contributed by atoms with E-state index in [4.69, 9.17) is 0 Å².